The Morgan fingerprint density at radius 3 is 1.03 bits per heavy atom. The molecule has 0 unspecified atom stereocenters. The van der Waals surface area contributed by atoms with Crippen LogP contribution in [-0.2, 0) is 0 Å². The summed E-state index contributed by atoms with van der Waals surface area (Å²) in [5, 5.41) is 3.57. The van der Waals surface area contributed by atoms with Gasteiger partial charge in [0.05, 0.1) is 0 Å². The second-order valence-electron chi connectivity index (χ2n) is 8.28. The Hall–Kier alpha value is -3.80. The van der Waals surface area contributed by atoms with Gasteiger partial charge in [-0.2, -0.15) is 0 Å². The second-order valence-corrected chi connectivity index (χ2v) is 12.0. The molecule has 1 nitrogen and oxygen atoms in total. The molecule has 0 saturated heterocycles. The molecule has 0 amide bonds. The van der Waals surface area contributed by atoms with Crippen LogP contribution in [0.1, 0.15) is 15.9 Å². The van der Waals surface area contributed by atoms with E-state index in [1.807, 2.05) is 66.7 Å². The number of benzene rings is 5. The fourth-order valence-corrected chi connectivity index (χ4v) is 9.88. The van der Waals surface area contributed by atoms with Gasteiger partial charge in [-0.1, -0.05) is 0 Å². The van der Waals surface area contributed by atoms with Crippen LogP contribution < -0.4 is 15.9 Å². The summed E-state index contributed by atoms with van der Waals surface area (Å²) in [5.41, 5.74) is 2.56. The third kappa shape index (κ3) is 4.00. The summed E-state index contributed by atoms with van der Waals surface area (Å²) in [5.74, 6) is 0.0787. The maximum absolute atomic E-state index is 14.5. The van der Waals surface area contributed by atoms with E-state index in [0.717, 1.165) is 11.2 Å². The van der Waals surface area contributed by atoms with Gasteiger partial charge >= 0.3 is 202 Å². The molecule has 0 heterocycles. The van der Waals surface area contributed by atoms with Crippen LogP contribution in [0.4, 0.5) is 0 Å². The van der Waals surface area contributed by atoms with Gasteiger partial charge in [-0.15, -0.1) is 0 Å². The first-order valence-corrected chi connectivity index (χ1v) is 13.5. The molecule has 1 radical (unpaired) electrons. The molecule has 2 heteroatoms. The van der Waals surface area contributed by atoms with Crippen LogP contribution in [0.5, 0.6) is 0 Å². The van der Waals surface area contributed by atoms with Crippen LogP contribution in [0.15, 0.2) is 152 Å². The van der Waals surface area contributed by atoms with E-state index in [0.29, 0.717) is 5.56 Å². The van der Waals surface area contributed by atoms with Crippen molar-refractivity contribution < 1.29 is 4.79 Å². The molecule has 0 aromatic heterocycles. The van der Waals surface area contributed by atoms with Gasteiger partial charge in [0.15, 0.2) is 0 Å². The molecule has 5 aromatic carbocycles. The SMILES string of the molecule is O=C([C](c1ccccc1)[PH](c1ccccc1)(c1ccccc1)c1ccccc1)c1ccccc1. The second kappa shape index (κ2) is 10.00. The molecule has 0 bridgehead atoms. The summed E-state index contributed by atoms with van der Waals surface area (Å²) >= 11 is 0. The number of hydrogen-bond donors (Lipinski definition) is 0. The molecule has 0 N–H and O–H groups in total. The van der Waals surface area contributed by atoms with Crippen LogP contribution in [0.25, 0.3) is 0 Å². The topological polar surface area (TPSA) is 17.1 Å². The molecule has 165 valence electrons. The van der Waals surface area contributed by atoms with E-state index < -0.39 is 7.26 Å². The number of Topliss-reactive ketones (excluding diaryl/α,β-unsaturated/α-hetero) is 1. The molecule has 0 saturated carbocycles. The van der Waals surface area contributed by atoms with Crippen LogP contribution >= 0.6 is 7.26 Å². The van der Waals surface area contributed by atoms with Crippen LogP contribution in [0, 0.1) is 5.66 Å². The minimum absolute atomic E-state index is 0.0787. The third-order valence-corrected chi connectivity index (χ3v) is 11.2. The predicted octanol–water partition coefficient (Wildman–Crippen LogP) is 6.18. The molecule has 0 spiro atoms. The first-order chi connectivity index (χ1) is 16.8. The summed E-state index contributed by atoms with van der Waals surface area (Å²) in [6.45, 7) is 0. The Balaban J connectivity index is 1.91. The molecule has 34 heavy (non-hydrogen) atoms. The normalized spacial score (nSPS) is 11.8. The fourth-order valence-electron chi connectivity index (χ4n) is 4.85. The number of carbonyl (C=O) groups excluding carboxylic acids is 1. The van der Waals surface area contributed by atoms with Crippen LogP contribution in [-0.4, -0.2) is 5.78 Å². The van der Waals surface area contributed by atoms with Gasteiger partial charge < -0.3 is 0 Å². The van der Waals surface area contributed by atoms with Crippen molar-refractivity contribution in [2.45, 2.75) is 0 Å². The van der Waals surface area contributed by atoms with E-state index in [2.05, 4.69) is 84.9 Å². The maximum atomic E-state index is 14.5. The van der Waals surface area contributed by atoms with E-state index >= 15 is 0 Å². The van der Waals surface area contributed by atoms with Crippen molar-refractivity contribution >= 4 is 29.0 Å². The molecule has 0 atom stereocenters. The molecular weight excluding hydrogens is 431 g/mol. The Morgan fingerprint density at radius 2 is 0.676 bits per heavy atom. The average molecular weight is 458 g/mol. The monoisotopic (exact) mass is 457 g/mol. The zero-order valence-electron chi connectivity index (χ0n) is 18.8. The fraction of sp³-hybridized carbons (Fsp3) is 0. The molecular formula is C32H26OP. The van der Waals surface area contributed by atoms with Gasteiger partial charge in [-0.05, 0) is 0 Å². The van der Waals surface area contributed by atoms with Crippen molar-refractivity contribution in [1.29, 1.82) is 0 Å². The molecule has 5 rings (SSSR count). The van der Waals surface area contributed by atoms with E-state index in [-0.39, 0.29) is 5.78 Å². The summed E-state index contributed by atoms with van der Waals surface area (Å²) in [6, 6.07) is 51.6. The quantitative estimate of drug-likeness (QED) is 0.211. The Morgan fingerprint density at radius 1 is 0.382 bits per heavy atom. The van der Waals surface area contributed by atoms with Gasteiger partial charge in [-0.3, -0.25) is 0 Å². The van der Waals surface area contributed by atoms with E-state index in [1.165, 1.54) is 15.9 Å². The van der Waals surface area contributed by atoms with Crippen molar-refractivity contribution in [3.8, 4) is 0 Å². The van der Waals surface area contributed by atoms with Gasteiger partial charge in [0, 0.05) is 0 Å². The summed E-state index contributed by atoms with van der Waals surface area (Å²) < 4.78 is 0. The molecule has 0 aliphatic carbocycles. The number of ketones is 1. The van der Waals surface area contributed by atoms with E-state index in [1.54, 1.807) is 0 Å². The number of carbonyl (C=O) groups is 1. The first kappa shape index (κ1) is 22.0. The van der Waals surface area contributed by atoms with Crippen molar-refractivity contribution in [1.82, 2.24) is 0 Å². The Kier molecular flexibility index (Phi) is 6.47. The van der Waals surface area contributed by atoms with Crippen LogP contribution in [0.2, 0.25) is 0 Å². The zero-order chi connectivity index (χ0) is 23.2. The van der Waals surface area contributed by atoms with Crippen molar-refractivity contribution in [3.05, 3.63) is 168 Å². The molecule has 0 fully saturated rings. The Labute approximate surface area is 202 Å². The predicted molar refractivity (Wildman–Crippen MR) is 146 cm³/mol. The molecule has 5 aromatic rings. The minimum atomic E-state index is -2.97. The van der Waals surface area contributed by atoms with E-state index in [9.17, 15) is 4.79 Å². The first-order valence-electron chi connectivity index (χ1n) is 11.5. The summed E-state index contributed by atoms with van der Waals surface area (Å²) in [7, 11) is -2.97. The van der Waals surface area contributed by atoms with Gasteiger partial charge in [0.2, 0.25) is 0 Å². The molecule has 0 aliphatic rings. The van der Waals surface area contributed by atoms with Crippen LogP contribution in [0.3, 0.4) is 0 Å². The third-order valence-electron chi connectivity index (χ3n) is 6.32. The standard InChI is InChI=1S/C32H26OP/c33-31(26-16-6-1-7-17-26)32(27-18-8-2-9-19-27)34(28-20-10-3-11-21-28,29-22-12-4-13-23-29)30-24-14-5-15-25-30/h1-25,34H. The van der Waals surface area contributed by atoms with Gasteiger partial charge in [-0.25, -0.2) is 0 Å². The number of hydrogen-bond acceptors (Lipinski definition) is 1. The number of rotatable bonds is 7. The van der Waals surface area contributed by atoms with E-state index in [4.69, 9.17) is 0 Å². The zero-order valence-corrected chi connectivity index (χ0v) is 19.8. The Bertz CT molecular complexity index is 1240. The van der Waals surface area contributed by atoms with Crippen molar-refractivity contribution in [2.75, 3.05) is 0 Å². The average Bonchev–Trinajstić information content (AvgIpc) is 2.94. The summed E-state index contributed by atoms with van der Waals surface area (Å²) in [4.78, 5) is 14.5. The molecule has 0 aliphatic heterocycles. The van der Waals surface area contributed by atoms with Gasteiger partial charge in [0.1, 0.15) is 0 Å². The summed E-state index contributed by atoms with van der Waals surface area (Å²) in [6.07, 6.45) is 0. The van der Waals surface area contributed by atoms with Crippen molar-refractivity contribution in [2.24, 2.45) is 0 Å². The van der Waals surface area contributed by atoms with Crippen molar-refractivity contribution in [3.63, 3.8) is 0 Å². The van der Waals surface area contributed by atoms with Gasteiger partial charge in [0.25, 0.3) is 0 Å².